The fourth-order valence-corrected chi connectivity index (χ4v) is 2.91. The molecular weight excluding hydrogens is 278 g/mol. The molecule has 2 fully saturated rings. The van der Waals surface area contributed by atoms with E-state index in [9.17, 15) is 0 Å². The van der Waals surface area contributed by atoms with Gasteiger partial charge in [-0.2, -0.15) is 15.0 Å². The second-order valence-electron chi connectivity index (χ2n) is 5.34. The molecule has 20 heavy (non-hydrogen) atoms. The molecule has 1 aromatic rings. The molecule has 0 aromatic carbocycles. The topological polar surface area (TPSA) is 54.4 Å². The van der Waals surface area contributed by atoms with Gasteiger partial charge in [-0.25, -0.2) is 0 Å². The Labute approximate surface area is 124 Å². The number of hydrogen-bond acceptors (Lipinski definition) is 6. The Morgan fingerprint density at radius 1 is 1.05 bits per heavy atom. The first-order valence-electron chi connectivity index (χ1n) is 7.25. The summed E-state index contributed by atoms with van der Waals surface area (Å²) in [6.45, 7) is 6.22. The Morgan fingerprint density at radius 3 is 2.55 bits per heavy atom. The number of piperidine rings is 1. The first-order valence-corrected chi connectivity index (χ1v) is 7.63. The Balaban J connectivity index is 1.85. The maximum atomic E-state index is 6.09. The highest BCUT2D eigenvalue weighted by Gasteiger charge is 2.23. The summed E-state index contributed by atoms with van der Waals surface area (Å²) in [5.41, 5.74) is 0. The van der Waals surface area contributed by atoms with E-state index in [2.05, 4.69) is 31.7 Å². The molecule has 2 aliphatic rings. The number of ether oxygens (including phenoxy) is 1. The van der Waals surface area contributed by atoms with Crippen LogP contribution in [0, 0.1) is 0 Å². The quantitative estimate of drug-likeness (QED) is 0.829. The summed E-state index contributed by atoms with van der Waals surface area (Å²) >= 11 is 6.09. The van der Waals surface area contributed by atoms with Crippen LogP contribution in [-0.2, 0) is 4.74 Å². The SMILES string of the molecule is CC1CCCCN1c1nc(Cl)nc(N2CCOCC2)n1. The van der Waals surface area contributed by atoms with Crippen LogP contribution in [-0.4, -0.2) is 53.8 Å². The average molecular weight is 298 g/mol. The van der Waals surface area contributed by atoms with Gasteiger partial charge in [0.05, 0.1) is 13.2 Å². The molecule has 3 heterocycles. The van der Waals surface area contributed by atoms with Crippen molar-refractivity contribution < 1.29 is 4.74 Å². The molecule has 1 unspecified atom stereocenters. The van der Waals surface area contributed by atoms with Crippen molar-refractivity contribution in [2.45, 2.75) is 32.2 Å². The number of morpholine rings is 1. The van der Waals surface area contributed by atoms with Gasteiger partial charge >= 0.3 is 0 Å². The summed E-state index contributed by atoms with van der Waals surface area (Å²) in [5, 5.41) is 0.272. The Hall–Kier alpha value is -1.14. The molecule has 1 aromatic heterocycles. The Bertz CT molecular complexity index is 466. The second kappa shape index (κ2) is 6.10. The monoisotopic (exact) mass is 297 g/mol. The number of halogens is 1. The average Bonchev–Trinajstić information content (AvgIpc) is 2.48. The van der Waals surface area contributed by atoms with Gasteiger partial charge < -0.3 is 14.5 Å². The van der Waals surface area contributed by atoms with Crippen molar-refractivity contribution in [1.82, 2.24) is 15.0 Å². The van der Waals surface area contributed by atoms with Crippen LogP contribution in [0.2, 0.25) is 5.28 Å². The second-order valence-corrected chi connectivity index (χ2v) is 5.68. The van der Waals surface area contributed by atoms with E-state index in [0.29, 0.717) is 31.2 Å². The smallest absolute Gasteiger partial charge is 0.231 e. The third-order valence-electron chi connectivity index (χ3n) is 3.94. The maximum absolute atomic E-state index is 6.09. The number of aromatic nitrogens is 3. The first kappa shape index (κ1) is 13.8. The van der Waals surface area contributed by atoms with Crippen LogP contribution < -0.4 is 9.80 Å². The molecule has 0 saturated carbocycles. The molecule has 0 spiro atoms. The van der Waals surface area contributed by atoms with Crippen molar-refractivity contribution in [3.8, 4) is 0 Å². The minimum Gasteiger partial charge on any atom is -0.378 e. The lowest BCUT2D eigenvalue weighted by molar-refractivity contribution is 0.122. The van der Waals surface area contributed by atoms with E-state index in [4.69, 9.17) is 16.3 Å². The minimum absolute atomic E-state index is 0.272. The zero-order valence-electron chi connectivity index (χ0n) is 11.8. The molecule has 0 amide bonds. The van der Waals surface area contributed by atoms with Crippen LogP contribution in [0.5, 0.6) is 0 Å². The summed E-state index contributed by atoms with van der Waals surface area (Å²) in [6, 6.07) is 0.458. The minimum atomic E-state index is 0.272. The molecule has 110 valence electrons. The molecular formula is C13H20ClN5O. The lowest BCUT2D eigenvalue weighted by Gasteiger charge is -2.34. The Kier molecular flexibility index (Phi) is 4.21. The molecule has 0 radical (unpaired) electrons. The molecule has 0 aliphatic carbocycles. The number of hydrogen-bond donors (Lipinski definition) is 0. The predicted molar refractivity (Wildman–Crippen MR) is 78.5 cm³/mol. The van der Waals surface area contributed by atoms with E-state index in [0.717, 1.165) is 19.6 Å². The number of rotatable bonds is 2. The standard InChI is InChI=1S/C13H20ClN5O/c1-10-4-2-3-5-19(10)13-16-11(14)15-12(17-13)18-6-8-20-9-7-18/h10H,2-9H2,1H3. The van der Waals surface area contributed by atoms with Crippen LogP contribution in [0.3, 0.4) is 0 Å². The van der Waals surface area contributed by atoms with E-state index in [1.807, 2.05) is 0 Å². The molecule has 1 atom stereocenters. The largest absolute Gasteiger partial charge is 0.378 e. The number of anilines is 2. The summed E-state index contributed by atoms with van der Waals surface area (Å²) in [7, 11) is 0. The van der Waals surface area contributed by atoms with Crippen molar-refractivity contribution >= 4 is 23.5 Å². The molecule has 7 heteroatoms. The van der Waals surface area contributed by atoms with Crippen molar-refractivity contribution in [3.05, 3.63) is 5.28 Å². The van der Waals surface area contributed by atoms with Gasteiger partial charge in [-0.1, -0.05) is 0 Å². The summed E-state index contributed by atoms with van der Waals surface area (Å²) < 4.78 is 5.36. The van der Waals surface area contributed by atoms with Crippen LogP contribution in [0.15, 0.2) is 0 Å². The summed E-state index contributed by atoms with van der Waals surface area (Å²) in [6.07, 6.45) is 3.63. The molecule has 2 aliphatic heterocycles. The van der Waals surface area contributed by atoms with E-state index < -0.39 is 0 Å². The highest BCUT2D eigenvalue weighted by molar-refractivity contribution is 6.28. The fourth-order valence-electron chi connectivity index (χ4n) is 2.76. The third kappa shape index (κ3) is 2.96. The van der Waals surface area contributed by atoms with Crippen molar-refractivity contribution in [2.75, 3.05) is 42.6 Å². The lowest BCUT2D eigenvalue weighted by Crippen LogP contribution is -2.40. The van der Waals surface area contributed by atoms with E-state index in [-0.39, 0.29) is 5.28 Å². The van der Waals surface area contributed by atoms with E-state index in [1.54, 1.807) is 0 Å². The predicted octanol–water partition coefficient (Wildman–Crippen LogP) is 1.74. The zero-order valence-corrected chi connectivity index (χ0v) is 12.5. The highest BCUT2D eigenvalue weighted by atomic mass is 35.5. The van der Waals surface area contributed by atoms with Crippen LogP contribution in [0.1, 0.15) is 26.2 Å². The fraction of sp³-hybridized carbons (Fsp3) is 0.769. The lowest BCUT2D eigenvalue weighted by atomic mass is 10.0. The molecule has 0 N–H and O–H groups in total. The normalized spacial score (nSPS) is 24.0. The van der Waals surface area contributed by atoms with Gasteiger partial charge in [0.15, 0.2) is 0 Å². The Morgan fingerprint density at radius 2 is 1.80 bits per heavy atom. The number of nitrogens with zero attached hydrogens (tertiary/aromatic N) is 5. The van der Waals surface area contributed by atoms with Crippen LogP contribution in [0.4, 0.5) is 11.9 Å². The van der Waals surface area contributed by atoms with Gasteiger partial charge in [-0.15, -0.1) is 0 Å². The van der Waals surface area contributed by atoms with Crippen LogP contribution in [0.25, 0.3) is 0 Å². The van der Waals surface area contributed by atoms with Gasteiger partial charge in [0, 0.05) is 25.7 Å². The zero-order chi connectivity index (χ0) is 13.9. The molecule has 3 rings (SSSR count). The van der Waals surface area contributed by atoms with Gasteiger partial charge in [0.1, 0.15) is 0 Å². The third-order valence-corrected chi connectivity index (χ3v) is 4.11. The van der Waals surface area contributed by atoms with Crippen molar-refractivity contribution in [3.63, 3.8) is 0 Å². The van der Waals surface area contributed by atoms with Crippen LogP contribution >= 0.6 is 11.6 Å². The summed E-state index contributed by atoms with van der Waals surface area (Å²) in [5.74, 6) is 1.37. The van der Waals surface area contributed by atoms with E-state index in [1.165, 1.54) is 19.3 Å². The van der Waals surface area contributed by atoms with E-state index >= 15 is 0 Å². The van der Waals surface area contributed by atoms with Gasteiger partial charge in [0.25, 0.3) is 0 Å². The molecule has 2 saturated heterocycles. The highest BCUT2D eigenvalue weighted by Crippen LogP contribution is 2.24. The van der Waals surface area contributed by atoms with Gasteiger partial charge in [-0.05, 0) is 37.8 Å². The first-order chi connectivity index (χ1) is 9.74. The molecule has 0 bridgehead atoms. The van der Waals surface area contributed by atoms with Gasteiger partial charge in [0.2, 0.25) is 17.2 Å². The maximum Gasteiger partial charge on any atom is 0.231 e. The van der Waals surface area contributed by atoms with Gasteiger partial charge in [-0.3, -0.25) is 0 Å². The summed E-state index contributed by atoms with van der Waals surface area (Å²) in [4.78, 5) is 17.5. The van der Waals surface area contributed by atoms with Crippen molar-refractivity contribution in [1.29, 1.82) is 0 Å². The molecule has 6 nitrogen and oxygen atoms in total. The van der Waals surface area contributed by atoms with Crippen molar-refractivity contribution in [2.24, 2.45) is 0 Å².